The van der Waals surface area contributed by atoms with Crippen LogP contribution in [0.3, 0.4) is 0 Å². The summed E-state index contributed by atoms with van der Waals surface area (Å²) in [7, 11) is 0. The third kappa shape index (κ3) is 1.92. The Balaban J connectivity index is 1.75. The summed E-state index contributed by atoms with van der Waals surface area (Å²) >= 11 is 0. The maximum Gasteiger partial charge on any atom is 0.143 e. The summed E-state index contributed by atoms with van der Waals surface area (Å²) in [5.74, 6) is 3.03. The van der Waals surface area contributed by atoms with E-state index in [4.69, 9.17) is 0 Å². The van der Waals surface area contributed by atoms with E-state index in [9.17, 15) is 9.59 Å². The third-order valence-corrected chi connectivity index (χ3v) is 9.83. The van der Waals surface area contributed by atoms with Crippen molar-refractivity contribution in [1.29, 1.82) is 0 Å². The molecule has 0 aromatic heterocycles. The van der Waals surface area contributed by atoms with Gasteiger partial charge in [0.1, 0.15) is 11.6 Å². The highest BCUT2D eigenvalue weighted by molar-refractivity contribution is 5.89. The second kappa shape index (κ2) is 5.30. The maximum absolute atomic E-state index is 13.0. The van der Waals surface area contributed by atoms with Crippen molar-refractivity contribution in [3.63, 3.8) is 0 Å². The van der Waals surface area contributed by atoms with E-state index in [0.717, 1.165) is 38.5 Å². The Morgan fingerprint density at radius 2 is 1.84 bits per heavy atom. The summed E-state index contributed by atoms with van der Waals surface area (Å²) in [6.07, 6.45) is 9.76. The van der Waals surface area contributed by atoms with Crippen LogP contribution in [0.5, 0.6) is 0 Å². The fraction of sp³-hybridized carbons (Fsp3) is 0.826. The lowest BCUT2D eigenvalue weighted by atomic mass is 9.44. The van der Waals surface area contributed by atoms with Crippen molar-refractivity contribution in [3.05, 3.63) is 11.6 Å². The van der Waals surface area contributed by atoms with Gasteiger partial charge in [-0.2, -0.15) is 0 Å². The molecule has 25 heavy (non-hydrogen) atoms. The molecular formula is C23H34O2. The summed E-state index contributed by atoms with van der Waals surface area (Å²) < 4.78 is 0. The second-order valence-electron chi connectivity index (χ2n) is 10.2. The standard InChI is InChI=1S/C23H34O2/c1-14-13-19-17-10-9-16-7-6-8-20(25)22(16,4)18(17)11-12-21(19,3)23(14,5)15(2)24/h7,14,17-19H,6,8-13H2,1-5H3. The molecule has 2 nitrogen and oxygen atoms in total. The molecule has 7 atom stereocenters. The van der Waals surface area contributed by atoms with Crippen LogP contribution >= 0.6 is 0 Å². The second-order valence-corrected chi connectivity index (χ2v) is 10.2. The van der Waals surface area contributed by atoms with E-state index in [0.29, 0.717) is 35.2 Å². The molecule has 4 rings (SSSR count). The molecule has 7 unspecified atom stereocenters. The van der Waals surface area contributed by atoms with Crippen LogP contribution in [0, 0.1) is 39.9 Å². The number of allylic oxidation sites excluding steroid dienone is 2. The molecule has 0 amide bonds. The van der Waals surface area contributed by atoms with Crippen molar-refractivity contribution in [2.45, 2.75) is 79.6 Å². The highest BCUT2D eigenvalue weighted by Gasteiger charge is 2.67. The summed E-state index contributed by atoms with van der Waals surface area (Å²) in [5, 5.41) is 0. The smallest absolute Gasteiger partial charge is 0.143 e. The van der Waals surface area contributed by atoms with Crippen molar-refractivity contribution < 1.29 is 9.59 Å². The van der Waals surface area contributed by atoms with Gasteiger partial charge in [-0.1, -0.05) is 32.4 Å². The van der Waals surface area contributed by atoms with Crippen molar-refractivity contribution >= 4 is 11.6 Å². The first kappa shape index (κ1) is 17.5. The Morgan fingerprint density at radius 3 is 2.52 bits per heavy atom. The Bertz CT molecular complexity index is 661. The maximum atomic E-state index is 13.0. The van der Waals surface area contributed by atoms with Gasteiger partial charge in [0.25, 0.3) is 0 Å². The fourth-order valence-corrected chi connectivity index (χ4v) is 7.89. The number of carbonyl (C=O) groups excluding carboxylic acids is 2. The van der Waals surface area contributed by atoms with E-state index < -0.39 is 0 Å². The number of rotatable bonds is 1. The molecule has 0 N–H and O–H groups in total. The number of hydrogen-bond acceptors (Lipinski definition) is 2. The van der Waals surface area contributed by atoms with E-state index >= 15 is 0 Å². The molecule has 0 saturated heterocycles. The minimum Gasteiger partial charge on any atom is -0.299 e. The SMILES string of the molecule is CC(=O)C1(C)C(C)CC2C3CCC4=CCCC(=O)C4(C)C3CCC21C. The molecule has 4 aliphatic rings. The Hall–Kier alpha value is -0.920. The molecule has 4 aliphatic carbocycles. The normalized spacial score (nSPS) is 52.0. The molecule has 0 radical (unpaired) electrons. The van der Waals surface area contributed by atoms with Gasteiger partial charge >= 0.3 is 0 Å². The molecule has 0 heterocycles. The van der Waals surface area contributed by atoms with Gasteiger partial charge in [-0.3, -0.25) is 9.59 Å². The van der Waals surface area contributed by atoms with Crippen LogP contribution in [0.2, 0.25) is 0 Å². The first-order valence-corrected chi connectivity index (χ1v) is 10.4. The Morgan fingerprint density at radius 1 is 1.12 bits per heavy atom. The first-order valence-electron chi connectivity index (χ1n) is 10.4. The predicted octanol–water partition coefficient (Wildman–Crippen LogP) is 5.36. The number of Topliss-reactive ketones (excluding diaryl/α,β-unsaturated/α-hetero) is 2. The summed E-state index contributed by atoms with van der Waals surface area (Å²) in [4.78, 5) is 25.7. The Labute approximate surface area is 152 Å². The zero-order chi connectivity index (χ0) is 18.2. The fourth-order valence-electron chi connectivity index (χ4n) is 7.89. The summed E-state index contributed by atoms with van der Waals surface area (Å²) in [5.41, 5.74) is 1.14. The van der Waals surface area contributed by atoms with Crippen molar-refractivity contribution in [1.82, 2.24) is 0 Å². The quantitative estimate of drug-likeness (QED) is 0.601. The van der Waals surface area contributed by atoms with Crippen molar-refractivity contribution in [3.8, 4) is 0 Å². The molecule has 3 saturated carbocycles. The van der Waals surface area contributed by atoms with E-state index in [1.54, 1.807) is 0 Å². The topological polar surface area (TPSA) is 34.1 Å². The van der Waals surface area contributed by atoms with Crippen LogP contribution in [0.1, 0.15) is 79.6 Å². The molecular weight excluding hydrogens is 308 g/mol. The van der Waals surface area contributed by atoms with Gasteiger partial charge in [0, 0.05) is 11.8 Å². The average Bonchev–Trinajstić information content (AvgIpc) is 2.77. The molecule has 0 spiro atoms. The van der Waals surface area contributed by atoms with Crippen LogP contribution in [0.25, 0.3) is 0 Å². The van der Waals surface area contributed by atoms with Crippen LogP contribution < -0.4 is 0 Å². The number of ketones is 2. The Kier molecular flexibility index (Phi) is 3.71. The molecule has 3 fully saturated rings. The van der Waals surface area contributed by atoms with Gasteiger partial charge in [-0.05, 0) is 81.5 Å². The zero-order valence-electron chi connectivity index (χ0n) is 16.7. The minimum atomic E-state index is -0.207. The largest absolute Gasteiger partial charge is 0.299 e. The van der Waals surface area contributed by atoms with E-state index in [-0.39, 0.29) is 16.2 Å². The first-order chi connectivity index (χ1) is 11.7. The highest BCUT2D eigenvalue weighted by atomic mass is 16.1. The molecule has 0 aromatic carbocycles. The molecule has 0 aromatic rings. The van der Waals surface area contributed by atoms with Gasteiger partial charge in [0.05, 0.1) is 5.41 Å². The predicted molar refractivity (Wildman–Crippen MR) is 100 cm³/mol. The average molecular weight is 343 g/mol. The lowest BCUT2D eigenvalue weighted by Crippen LogP contribution is -2.55. The van der Waals surface area contributed by atoms with Crippen molar-refractivity contribution in [2.75, 3.05) is 0 Å². The van der Waals surface area contributed by atoms with E-state index in [2.05, 4.69) is 33.8 Å². The molecule has 2 heteroatoms. The van der Waals surface area contributed by atoms with E-state index in [1.165, 1.54) is 12.0 Å². The highest BCUT2D eigenvalue weighted by Crippen LogP contribution is 2.71. The summed E-state index contributed by atoms with van der Waals surface area (Å²) in [6.45, 7) is 11.0. The molecule has 0 bridgehead atoms. The summed E-state index contributed by atoms with van der Waals surface area (Å²) in [6, 6.07) is 0. The van der Waals surface area contributed by atoms with Gasteiger partial charge in [-0.25, -0.2) is 0 Å². The third-order valence-electron chi connectivity index (χ3n) is 9.83. The zero-order valence-corrected chi connectivity index (χ0v) is 16.7. The van der Waals surface area contributed by atoms with Crippen LogP contribution in [-0.4, -0.2) is 11.6 Å². The number of fused-ring (bicyclic) bond motifs is 5. The molecule has 0 aliphatic heterocycles. The van der Waals surface area contributed by atoms with Crippen LogP contribution in [-0.2, 0) is 9.59 Å². The lowest BCUT2D eigenvalue weighted by molar-refractivity contribution is -0.147. The molecule has 138 valence electrons. The number of carbonyl (C=O) groups is 2. The van der Waals surface area contributed by atoms with Gasteiger partial charge in [-0.15, -0.1) is 0 Å². The monoisotopic (exact) mass is 342 g/mol. The van der Waals surface area contributed by atoms with Crippen LogP contribution in [0.15, 0.2) is 11.6 Å². The van der Waals surface area contributed by atoms with E-state index in [1.807, 2.05) is 6.92 Å². The lowest BCUT2D eigenvalue weighted by Gasteiger charge is -2.58. The minimum absolute atomic E-state index is 0.106. The van der Waals surface area contributed by atoms with Gasteiger partial charge < -0.3 is 0 Å². The number of hydrogen-bond donors (Lipinski definition) is 0. The van der Waals surface area contributed by atoms with Gasteiger partial charge in [0.2, 0.25) is 0 Å². The van der Waals surface area contributed by atoms with Gasteiger partial charge in [0.15, 0.2) is 0 Å². The van der Waals surface area contributed by atoms with Crippen LogP contribution in [0.4, 0.5) is 0 Å². The van der Waals surface area contributed by atoms with Crippen molar-refractivity contribution in [2.24, 2.45) is 39.9 Å².